The molecule has 0 radical (unpaired) electrons. The number of carbonyl (C=O) groups excluding carboxylic acids is 1. The van der Waals surface area contributed by atoms with Gasteiger partial charge in [0.15, 0.2) is 0 Å². The van der Waals surface area contributed by atoms with Crippen LogP contribution in [0.5, 0.6) is 0 Å². The van der Waals surface area contributed by atoms with Gasteiger partial charge in [-0.05, 0) is 24.1 Å². The van der Waals surface area contributed by atoms with Crippen LogP contribution in [0.1, 0.15) is 12.0 Å². The molecule has 1 aromatic rings. The lowest BCUT2D eigenvalue weighted by atomic mass is 10.0. The third kappa shape index (κ3) is 1.98. The number of amides is 1. The van der Waals surface area contributed by atoms with Gasteiger partial charge in [-0.15, -0.1) is 0 Å². The molecule has 1 N–H and O–H groups in total. The Morgan fingerprint density at radius 3 is 2.67 bits per heavy atom. The van der Waals surface area contributed by atoms with Crippen LogP contribution >= 0.6 is 10.7 Å². The normalized spacial score (nSPS) is 15.7. The highest BCUT2D eigenvalue weighted by atomic mass is 35.7. The Morgan fingerprint density at radius 2 is 2.00 bits per heavy atom. The highest BCUT2D eigenvalue weighted by Crippen LogP contribution is 2.30. The van der Waals surface area contributed by atoms with E-state index in [1.54, 1.807) is 12.1 Å². The third-order valence-electron chi connectivity index (χ3n) is 2.27. The molecule has 1 aliphatic heterocycles. The van der Waals surface area contributed by atoms with E-state index in [0.717, 1.165) is 0 Å². The van der Waals surface area contributed by atoms with Crippen molar-refractivity contribution in [3.8, 4) is 0 Å². The monoisotopic (exact) mass is 245 g/mol. The molecule has 80 valence electrons. The Kier molecular flexibility index (Phi) is 2.44. The van der Waals surface area contributed by atoms with Gasteiger partial charge >= 0.3 is 0 Å². The SMILES string of the molecule is O=C1CCc2c(cccc2S(=O)(=O)Cl)N1. The van der Waals surface area contributed by atoms with E-state index in [9.17, 15) is 13.2 Å². The van der Waals surface area contributed by atoms with E-state index in [-0.39, 0.29) is 17.2 Å². The molecule has 0 saturated heterocycles. The quantitative estimate of drug-likeness (QED) is 0.763. The first-order valence-electron chi connectivity index (χ1n) is 4.35. The van der Waals surface area contributed by atoms with Crippen LogP contribution in [0.15, 0.2) is 23.1 Å². The summed E-state index contributed by atoms with van der Waals surface area (Å²) in [5.74, 6) is -0.105. The van der Waals surface area contributed by atoms with Crippen LogP contribution in [-0.2, 0) is 20.3 Å². The zero-order valence-corrected chi connectivity index (χ0v) is 9.23. The summed E-state index contributed by atoms with van der Waals surface area (Å²) in [7, 11) is 1.55. The molecule has 0 atom stereocenters. The van der Waals surface area contributed by atoms with Gasteiger partial charge in [-0.2, -0.15) is 0 Å². The molecule has 2 rings (SSSR count). The molecule has 1 amide bonds. The summed E-state index contributed by atoms with van der Waals surface area (Å²) >= 11 is 0. The molecule has 0 aliphatic carbocycles. The van der Waals surface area contributed by atoms with E-state index in [4.69, 9.17) is 10.7 Å². The van der Waals surface area contributed by atoms with Crippen molar-refractivity contribution in [3.63, 3.8) is 0 Å². The minimum absolute atomic E-state index is 0.0849. The Hall–Kier alpha value is -1.07. The van der Waals surface area contributed by atoms with Crippen molar-refractivity contribution in [2.24, 2.45) is 0 Å². The number of benzene rings is 1. The molecule has 15 heavy (non-hydrogen) atoms. The number of rotatable bonds is 1. The van der Waals surface area contributed by atoms with Gasteiger partial charge in [-0.3, -0.25) is 4.79 Å². The molecule has 1 aromatic carbocycles. The van der Waals surface area contributed by atoms with Crippen molar-refractivity contribution in [2.75, 3.05) is 5.32 Å². The van der Waals surface area contributed by atoms with E-state index < -0.39 is 9.05 Å². The predicted octanol–water partition coefficient (Wildman–Crippen LogP) is 1.50. The molecule has 0 bridgehead atoms. The fourth-order valence-corrected chi connectivity index (χ4v) is 2.80. The molecule has 4 nitrogen and oxygen atoms in total. The molecule has 1 aliphatic rings. The Morgan fingerprint density at radius 1 is 1.27 bits per heavy atom. The van der Waals surface area contributed by atoms with Crippen molar-refractivity contribution in [1.29, 1.82) is 0 Å². The second kappa shape index (κ2) is 3.50. The fraction of sp³-hybridized carbons (Fsp3) is 0.222. The summed E-state index contributed by atoms with van der Waals surface area (Å²) in [4.78, 5) is 11.2. The van der Waals surface area contributed by atoms with Crippen LogP contribution in [0.4, 0.5) is 5.69 Å². The summed E-state index contributed by atoms with van der Waals surface area (Å²) in [6.45, 7) is 0. The zero-order valence-electron chi connectivity index (χ0n) is 7.66. The van der Waals surface area contributed by atoms with Gasteiger partial charge in [0.05, 0.1) is 4.90 Å². The standard InChI is InChI=1S/C9H8ClNO3S/c10-15(13,14)8-3-1-2-7-6(8)4-5-9(12)11-7/h1-3H,4-5H2,(H,11,12). The van der Waals surface area contributed by atoms with Crippen molar-refractivity contribution in [3.05, 3.63) is 23.8 Å². The molecule has 0 unspecified atom stereocenters. The molecule has 0 fully saturated rings. The molecule has 0 aromatic heterocycles. The number of halogens is 1. The van der Waals surface area contributed by atoms with E-state index in [0.29, 0.717) is 17.7 Å². The topological polar surface area (TPSA) is 63.2 Å². The Balaban J connectivity index is 2.61. The van der Waals surface area contributed by atoms with Gasteiger partial charge in [0.2, 0.25) is 5.91 Å². The summed E-state index contributed by atoms with van der Waals surface area (Å²) in [5, 5.41) is 2.61. The first-order chi connectivity index (χ1) is 6.98. The second-order valence-corrected chi connectivity index (χ2v) is 5.80. The van der Waals surface area contributed by atoms with Crippen molar-refractivity contribution in [2.45, 2.75) is 17.7 Å². The Labute approximate surface area is 91.7 Å². The minimum Gasteiger partial charge on any atom is -0.326 e. The van der Waals surface area contributed by atoms with Crippen LogP contribution in [0.2, 0.25) is 0 Å². The van der Waals surface area contributed by atoms with Crippen LogP contribution in [-0.4, -0.2) is 14.3 Å². The molecular weight excluding hydrogens is 238 g/mol. The lowest BCUT2D eigenvalue weighted by molar-refractivity contribution is -0.116. The highest BCUT2D eigenvalue weighted by Gasteiger charge is 2.22. The van der Waals surface area contributed by atoms with Gasteiger partial charge in [0, 0.05) is 22.8 Å². The zero-order chi connectivity index (χ0) is 11.1. The number of fused-ring (bicyclic) bond motifs is 1. The maximum absolute atomic E-state index is 11.2. The van der Waals surface area contributed by atoms with Crippen LogP contribution in [0.25, 0.3) is 0 Å². The maximum atomic E-state index is 11.2. The Bertz CT molecular complexity index is 524. The van der Waals surface area contributed by atoms with Crippen molar-refractivity contribution < 1.29 is 13.2 Å². The van der Waals surface area contributed by atoms with Gasteiger partial charge in [-0.25, -0.2) is 8.42 Å². The summed E-state index contributed by atoms with van der Waals surface area (Å²) in [5.41, 5.74) is 1.13. The van der Waals surface area contributed by atoms with E-state index in [1.165, 1.54) is 6.07 Å². The molecule has 1 heterocycles. The van der Waals surface area contributed by atoms with Gasteiger partial charge in [0.1, 0.15) is 0 Å². The number of nitrogens with one attached hydrogen (secondary N) is 1. The lowest BCUT2D eigenvalue weighted by Gasteiger charge is -2.18. The number of hydrogen-bond acceptors (Lipinski definition) is 3. The number of anilines is 1. The van der Waals surface area contributed by atoms with Gasteiger partial charge in [0.25, 0.3) is 9.05 Å². The molecule has 6 heteroatoms. The lowest BCUT2D eigenvalue weighted by Crippen LogP contribution is -2.20. The van der Waals surface area contributed by atoms with Crippen LogP contribution < -0.4 is 5.32 Å². The van der Waals surface area contributed by atoms with E-state index in [2.05, 4.69) is 5.32 Å². The van der Waals surface area contributed by atoms with Gasteiger partial charge < -0.3 is 5.32 Å². The van der Waals surface area contributed by atoms with Crippen molar-refractivity contribution in [1.82, 2.24) is 0 Å². The van der Waals surface area contributed by atoms with Crippen molar-refractivity contribution >= 4 is 31.3 Å². The predicted molar refractivity (Wildman–Crippen MR) is 56.4 cm³/mol. The molecular formula is C9H8ClNO3S. The number of carbonyl (C=O) groups is 1. The third-order valence-corrected chi connectivity index (χ3v) is 3.68. The van der Waals surface area contributed by atoms with Gasteiger partial charge in [-0.1, -0.05) is 6.07 Å². The first kappa shape index (κ1) is 10.4. The highest BCUT2D eigenvalue weighted by molar-refractivity contribution is 8.13. The largest absolute Gasteiger partial charge is 0.326 e. The molecule has 0 spiro atoms. The second-order valence-electron chi connectivity index (χ2n) is 3.27. The van der Waals surface area contributed by atoms with E-state index >= 15 is 0 Å². The van der Waals surface area contributed by atoms with Crippen LogP contribution in [0.3, 0.4) is 0 Å². The summed E-state index contributed by atoms with van der Waals surface area (Å²) in [6, 6.07) is 4.66. The minimum atomic E-state index is -3.74. The summed E-state index contributed by atoms with van der Waals surface area (Å²) in [6.07, 6.45) is 0.694. The van der Waals surface area contributed by atoms with Crippen LogP contribution in [0, 0.1) is 0 Å². The number of hydrogen-bond donors (Lipinski definition) is 1. The smallest absolute Gasteiger partial charge is 0.261 e. The first-order valence-corrected chi connectivity index (χ1v) is 6.66. The maximum Gasteiger partial charge on any atom is 0.261 e. The molecule has 0 saturated carbocycles. The van der Waals surface area contributed by atoms with E-state index in [1.807, 2.05) is 0 Å². The fourth-order valence-electron chi connectivity index (χ4n) is 1.62. The average Bonchev–Trinajstić information content (AvgIpc) is 2.15. The average molecular weight is 246 g/mol. The summed E-state index contributed by atoms with van der Waals surface area (Å²) < 4.78 is 22.5.